The maximum absolute atomic E-state index is 12.2. The molecule has 2 aromatic carbocycles. The van der Waals surface area contributed by atoms with Crippen molar-refractivity contribution < 1.29 is 0 Å². The number of pyridine rings is 1. The van der Waals surface area contributed by atoms with E-state index in [0.717, 1.165) is 12.1 Å². The van der Waals surface area contributed by atoms with Crippen molar-refractivity contribution in [3.05, 3.63) is 86.4 Å². The zero-order valence-corrected chi connectivity index (χ0v) is 13.8. The first-order valence-electron chi connectivity index (χ1n) is 8.18. The first kappa shape index (κ1) is 16.1. The van der Waals surface area contributed by atoms with Crippen LogP contribution in [0, 0.1) is 0 Å². The summed E-state index contributed by atoms with van der Waals surface area (Å²) in [6.45, 7) is 4.16. The predicted octanol–water partition coefficient (Wildman–Crippen LogP) is 3.72. The Bertz CT molecular complexity index is 881. The Labute approximate surface area is 140 Å². The maximum atomic E-state index is 12.2. The molecule has 1 aromatic heterocycles. The molecular formula is C20H20N2O2. The van der Waals surface area contributed by atoms with Crippen LogP contribution in [0.15, 0.2) is 64.4 Å². The number of hydrogen-bond acceptors (Lipinski definition) is 4. The van der Waals surface area contributed by atoms with E-state index in [-0.39, 0.29) is 17.3 Å². The van der Waals surface area contributed by atoms with Crippen LogP contribution in [0.25, 0.3) is 0 Å². The first-order chi connectivity index (χ1) is 11.6. The Balaban J connectivity index is 1.95. The van der Waals surface area contributed by atoms with Gasteiger partial charge in [0.2, 0.25) is 10.9 Å². The minimum Gasteiger partial charge on any atom is -0.352 e. The maximum Gasteiger partial charge on any atom is 0.249 e. The Morgan fingerprint density at radius 1 is 1.00 bits per heavy atom. The average molecular weight is 320 g/mol. The lowest BCUT2D eigenvalue weighted by molar-refractivity contribution is 0.553. The SMILES string of the molecule is CCC(c1c(Nc2ccncc2)c(=O)c1=O)[C@H](C)c1ccccc1. The minimum atomic E-state index is -0.430. The van der Waals surface area contributed by atoms with Gasteiger partial charge in [-0.15, -0.1) is 0 Å². The lowest BCUT2D eigenvalue weighted by Gasteiger charge is -2.26. The summed E-state index contributed by atoms with van der Waals surface area (Å²) in [6.07, 6.45) is 4.10. The molecular weight excluding hydrogens is 300 g/mol. The van der Waals surface area contributed by atoms with Gasteiger partial charge in [0.25, 0.3) is 0 Å². The van der Waals surface area contributed by atoms with Crippen molar-refractivity contribution in [3.63, 3.8) is 0 Å². The molecule has 0 saturated heterocycles. The summed E-state index contributed by atoms with van der Waals surface area (Å²) in [5.74, 6) is 0.180. The van der Waals surface area contributed by atoms with Crippen molar-refractivity contribution in [2.75, 3.05) is 5.32 Å². The van der Waals surface area contributed by atoms with Crippen molar-refractivity contribution in [1.82, 2.24) is 4.98 Å². The molecule has 2 atom stereocenters. The topological polar surface area (TPSA) is 59.1 Å². The van der Waals surface area contributed by atoms with Gasteiger partial charge in [0, 0.05) is 23.6 Å². The van der Waals surface area contributed by atoms with Crippen LogP contribution in [0.1, 0.15) is 43.2 Å². The quantitative estimate of drug-likeness (QED) is 0.703. The van der Waals surface area contributed by atoms with Crippen LogP contribution < -0.4 is 16.2 Å². The van der Waals surface area contributed by atoms with Crippen molar-refractivity contribution in [1.29, 1.82) is 0 Å². The van der Waals surface area contributed by atoms with Crippen LogP contribution in [0.4, 0.5) is 11.4 Å². The molecule has 0 radical (unpaired) electrons. The van der Waals surface area contributed by atoms with E-state index in [9.17, 15) is 9.59 Å². The Morgan fingerprint density at radius 2 is 1.67 bits per heavy atom. The molecule has 0 aliphatic heterocycles. The number of benzene rings is 1. The summed E-state index contributed by atoms with van der Waals surface area (Å²) in [6, 6.07) is 13.7. The highest BCUT2D eigenvalue weighted by atomic mass is 16.2. The summed E-state index contributed by atoms with van der Waals surface area (Å²) in [4.78, 5) is 28.3. The highest BCUT2D eigenvalue weighted by Gasteiger charge is 2.31. The van der Waals surface area contributed by atoms with Gasteiger partial charge in [-0.05, 0) is 36.0 Å². The van der Waals surface area contributed by atoms with Gasteiger partial charge in [-0.25, -0.2) is 0 Å². The molecule has 0 aliphatic carbocycles. The molecule has 0 saturated carbocycles. The van der Waals surface area contributed by atoms with Gasteiger partial charge in [-0.2, -0.15) is 0 Å². The molecule has 1 heterocycles. The summed E-state index contributed by atoms with van der Waals surface area (Å²) in [7, 11) is 0. The smallest absolute Gasteiger partial charge is 0.249 e. The largest absolute Gasteiger partial charge is 0.352 e. The fourth-order valence-electron chi connectivity index (χ4n) is 3.26. The third-order valence-corrected chi connectivity index (χ3v) is 4.64. The molecule has 0 aliphatic rings. The van der Waals surface area contributed by atoms with E-state index >= 15 is 0 Å². The lowest BCUT2D eigenvalue weighted by Crippen LogP contribution is -2.40. The standard InChI is InChI=1S/C20H20N2O2/c1-3-16(13(2)14-7-5-4-6-8-14)17-18(20(24)19(17)23)22-15-9-11-21-12-10-15/h4-13,16H,3H2,1-2H3,(H,21,22)/t13-,16?/m1/s1. The Morgan fingerprint density at radius 3 is 2.29 bits per heavy atom. The molecule has 4 heteroatoms. The van der Waals surface area contributed by atoms with Crippen LogP contribution in [0.3, 0.4) is 0 Å². The van der Waals surface area contributed by atoms with Gasteiger partial charge in [-0.1, -0.05) is 44.2 Å². The molecule has 1 N–H and O–H groups in total. The molecule has 4 nitrogen and oxygen atoms in total. The summed E-state index contributed by atoms with van der Waals surface area (Å²) < 4.78 is 0. The highest BCUT2D eigenvalue weighted by molar-refractivity contribution is 5.67. The van der Waals surface area contributed by atoms with E-state index in [1.165, 1.54) is 5.56 Å². The fourth-order valence-corrected chi connectivity index (χ4v) is 3.26. The Kier molecular flexibility index (Phi) is 4.56. The molecule has 24 heavy (non-hydrogen) atoms. The number of nitrogens with zero attached hydrogens (tertiary/aromatic N) is 1. The normalized spacial score (nSPS) is 13.6. The monoisotopic (exact) mass is 320 g/mol. The molecule has 0 spiro atoms. The molecule has 1 unspecified atom stereocenters. The van der Waals surface area contributed by atoms with Crippen LogP contribution in [-0.4, -0.2) is 4.98 Å². The van der Waals surface area contributed by atoms with E-state index in [4.69, 9.17) is 0 Å². The number of anilines is 2. The van der Waals surface area contributed by atoms with Gasteiger partial charge < -0.3 is 5.32 Å². The molecule has 3 aromatic rings. The second-order valence-electron chi connectivity index (χ2n) is 6.02. The van der Waals surface area contributed by atoms with E-state index in [2.05, 4.69) is 36.3 Å². The fraction of sp³-hybridized carbons (Fsp3) is 0.250. The van der Waals surface area contributed by atoms with Gasteiger partial charge in [-0.3, -0.25) is 14.6 Å². The van der Waals surface area contributed by atoms with Crippen molar-refractivity contribution in [3.8, 4) is 0 Å². The van der Waals surface area contributed by atoms with Crippen LogP contribution in [0.2, 0.25) is 0 Å². The second kappa shape index (κ2) is 6.79. The van der Waals surface area contributed by atoms with E-state index in [1.807, 2.05) is 18.2 Å². The first-order valence-corrected chi connectivity index (χ1v) is 8.18. The van der Waals surface area contributed by atoms with E-state index in [0.29, 0.717) is 11.3 Å². The van der Waals surface area contributed by atoms with E-state index < -0.39 is 5.43 Å². The van der Waals surface area contributed by atoms with Crippen LogP contribution >= 0.6 is 0 Å². The third kappa shape index (κ3) is 2.87. The average Bonchev–Trinajstić information content (AvgIpc) is 2.65. The minimum absolute atomic E-state index is 0.0157. The number of hydrogen-bond donors (Lipinski definition) is 1. The highest BCUT2D eigenvalue weighted by Crippen LogP contribution is 2.37. The third-order valence-electron chi connectivity index (χ3n) is 4.64. The van der Waals surface area contributed by atoms with Gasteiger partial charge in [0.05, 0.1) is 5.69 Å². The number of nitrogens with one attached hydrogen (secondary N) is 1. The molecule has 122 valence electrons. The molecule has 0 fully saturated rings. The number of aromatic nitrogens is 1. The van der Waals surface area contributed by atoms with Crippen molar-refractivity contribution in [2.45, 2.75) is 32.1 Å². The zero-order chi connectivity index (χ0) is 17.1. The second-order valence-corrected chi connectivity index (χ2v) is 6.02. The Hall–Kier alpha value is -2.75. The summed E-state index contributed by atoms with van der Waals surface area (Å²) in [5, 5.41) is 3.10. The predicted molar refractivity (Wildman–Crippen MR) is 96.8 cm³/mol. The summed E-state index contributed by atoms with van der Waals surface area (Å²) >= 11 is 0. The van der Waals surface area contributed by atoms with Gasteiger partial charge in [0.15, 0.2) is 0 Å². The molecule has 0 bridgehead atoms. The van der Waals surface area contributed by atoms with E-state index in [1.54, 1.807) is 24.5 Å². The molecule has 3 rings (SSSR count). The summed E-state index contributed by atoms with van der Waals surface area (Å²) in [5.41, 5.74) is 2.20. The lowest BCUT2D eigenvalue weighted by atomic mass is 9.78. The van der Waals surface area contributed by atoms with Crippen molar-refractivity contribution >= 4 is 11.4 Å². The van der Waals surface area contributed by atoms with Gasteiger partial charge in [0.1, 0.15) is 0 Å². The zero-order valence-electron chi connectivity index (χ0n) is 13.8. The van der Waals surface area contributed by atoms with Crippen LogP contribution in [-0.2, 0) is 0 Å². The number of rotatable bonds is 6. The van der Waals surface area contributed by atoms with Crippen molar-refractivity contribution in [2.24, 2.45) is 0 Å². The molecule has 0 amide bonds. The van der Waals surface area contributed by atoms with Gasteiger partial charge >= 0.3 is 0 Å². The van der Waals surface area contributed by atoms with Crippen LogP contribution in [0.5, 0.6) is 0 Å².